The van der Waals surface area contributed by atoms with E-state index in [1.807, 2.05) is 25.1 Å². The highest BCUT2D eigenvalue weighted by molar-refractivity contribution is 5.90. The second-order valence-electron chi connectivity index (χ2n) is 5.84. The second-order valence-corrected chi connectivity index (χ2v) is 5.84. The Kier molecular flexibility index (Phi) is 4.14. The predicted molar refractivity (Wildman–Crippen MR) is 86.8 cm³/mol. The molecule has 1 atom stereocenters. The van der Waals surface area contributed by atoms with Gasteiger partial charge in [0.05, 0.1) is 12.5 Å². The summed E-state index contributed by atoms with van der Waals surface area (Å²) in [4.78, 5) is 33.1. The van der Waals surface area contributed by atoms with Gasteiger partial charge < -0.3 is 9.88 Å². The van der Waals surface area contributed by atoms with Gasteiger partial charge in [0.1, 0.15) is 0 Å². The van der Waals surface area contributed by atoms with Crippen LogP contribution in [0.15, 0.2) is 30.5 Å². The van der Waals surface area contributed by atoms with Crippen LogP contribution in [0.4, 0.5) is 5.95 Å². The van der Waals surface area contributed by atoms with Crippen molar-refractivity contribution in [3.05, 3.63) is 47.3 Å². The molecule has 0 aliphatic carbocycles. The number of aryl methyl sites for hydroxylation is 1. The molecule has 6 heteroatoms. The van der Waals surface area contributed by atoms with Crippen molar-refractivity contribution in [3.63, 3.8) is 0 Å². The van der Waals surface area contributed by atoms with Crippen molar-refractivity contribution in [2.75, 3.05) is 11.9 Å². The van der Waals surface area contributed by atoms with Crippen LogP contribution in [0.25, 0.3) is 0 Å². The Labute approximate surface area is 134 Å². The van der Waals surface area contributed by atoms with Gasteiger partial charge in [-0.25, -0.2) is 4.98 Å². The summed E-state index contributed by atoms with van der Waals surface area (Å²) in [6.07, 6.45) is 2.70. The summed E-state index contributed by atoms with van der Waals surface area (Å²) < 4.78 is 0. The van der Waals surface area contributed by atoms with Gasteiger partial charge in [-0.3, -0.25) is 14.9 Å². The van der Waals surface area contributed by atoms with E-state index in [4.69, 9.17) is 0 Å². The van der Waals surface area contributed by atoms with Gasteiger partial charge in [-0.1, -0.05) is 24.3 Å². The third-order valence-electron chi connectivity index (χ3n) is 4.16. The Morgan fingerprint density at radius 3 is 2.87 bits per heavy atom. The number of aromatic amines is 1. The van der Waals surface area contributed by atoms with E-state index in [1.165, 1.54) is 5.56 Å². The van der Waals surface area contributed by atoms with Gasteiger partial charge in [-0.15, -0.1) is 0 Å². The minimum Gasteiger partial charge on any atom is -0.335 e. The van der Waals surface area contributed by atoms with Crippen molar-refractivity contribution in [1.82, 2.24) is 14.9 Å². The number of hydrogen-bond donors (Lipinski definition) is 2. The monoisotopic (exact) mass is 312 g/mol. The van der Waals surface area contributed by atoms with Crippen molar-refractivity contribution in [3.8, 4) is 0 Å². The van der Waals surface area contributed by atoms with E-state index in [0.29, 0.717) is 12.5 Å². The molecule has 1 aromatic heterocycles. The van der Waals surface area contributed by atoms with E-state index in [0.717, 1.165) is 17.7 Å². The van der Waals surface area contributed by atoms with Crippen LogP contribution in [0.3, 0.4) is 0 Å². The molecule has 2 heterocycles. The van der Waals surface area contributed by atoms with Gasteiger partial charge in [0, 0.05) is 25.4 Å². The summed E-state index contributed by atoms with van der Waals surface area (Å²) in [7, 11) is 0. The first-order valence-electron chi connectivity index (χ1n) is 7.71. The molecule has 3 rings (SSSR count). The first-order chi connectivity index (χ1) is 11.0. The van der Waals surface area contributed by atoms with Gasteiger partial charge in [-0.2, -0.15) is 0 Å². The molecule has 1 aliphatic rings. The molecule has 0 radical (unpaired) electrons. The minimum atomic E-state index is -0.228. The van der Waals surface area contributed by atoms with Crippen LogP contribution >= 0.6 is 0 Å². The quantitative estimate of drug-likeness (QED) is 0.912. The highest BCUT2D eigenvalue weighted by Crippen LogP contribution is 2.32. The zero-order valence-electron chi connectivity index (χ0n) is 13.3. The van der Waals surface area contributed by atoms with Gasteiger partial charge in [0.2, 0.25) is 17.8 Å². The van der Waals surface area contributed by atoms with Crippen molar-refractivity contribution >= 4 is 17.8 Å². The number of H-pyrrole nitrogens is 1. The van der Waals surface area contributed by atoms with Crippen LogP contribution in [-0.2, 0) is 16.0 Å². The Morgan fingerprint density at radius 1 is 1.39 bits per heavy atom. The molecule has 1 aliphatic heterocycles. The Hall–Kier alpha value is -2.63. The van der Waals surface area contributed by atoms with Crippen LogP contribution < -0.4 is 5.32 Å². The van der Waals surface area contributed by atoms with E-state index < -0.39 is 0 Å². The first kappa shape index (κ1) is 15.3. The first-order valence-corrected chi connectivity index (χ1v) is 7.71. The van der Waals surface area contributed by atoms with Crippen LogP contribution in [0.5, 0.6) is 0 Å². The maximum Gasteiger partial charge on any atom is 0.229 e. The number of fused-ring (bicyclic) bond motifs is 1. The van der Waals surface area contributed by atoms with Crippen molar-refractivity contribution in [2.45, 2.75) is 32.7 Å². The molecule has 0 saturated carbocycles. The number of nitrogens with zero attached hydrogens (tertiary/aromatic N) is 2. The average molecular weight is 312 g/mol. The van der Waals surface area contributed by atoms with Gasteiger partial charge >= 0.3 is 0 Å². The van der Waals surface area contributed by atoms with E-state index in [9.17, 15) is 9.59 Å². The zero-order chi connectivity index (χ0) is 16.4. The maximum absolute atomic E-state index is 12.4. The molecule has 2 amide bonds. The predicted octanol–water partition coefficient (Wildman–Crippen LogP) is 2.19. The lowest BCUT2D eigenvalue weighted by Gasteiger charge is -2.36. The molecule has 0 saturated heterocycles. The topological polar surface area (TPSA) is 78.1 Å². The number of anilines is 1. The number of benzene rings is 1. The van der Waals surface area contributed by atoms with Gasteiger partial charge in [-0.05, 0) is 24.5 Å². The molecule has 0 spiro atoms. The highest BCUT2D eigenvalue weighted by atomic mass is 16.2. The fraction of sp³-hybridized carbons (Fsp3) is 0.353. The molecule has 1 unspecified atom stereocenters. The molecule has 0 fully saturated rings. The summed E-state index contributed by atoms with van der Waals surface area (Å²) in [5, 5.41) is 2.76. The number of hydrogen-bond acceptors (Lipinski definition) is 3. The number of imidazole rings is 1. The lowest BCUT2D eigenvalue weighted by Crippen LogP contribution is -2.40. The maximum atomic E-state index is 12.4. The summed E-state index contributed by atoms with van der Waals surface area (Å²) >= 11 is 0. The Balaban J connectivity index is 1.80. The number of carbonyl (C=O) groups is 2. The van der Waals surface area contributed by atoms with Crippen LogP contribution in [0.1, 0.15) is 36.2 Å². The summed E-state index contributed by atoms with van der Waals surface area (Å²) in [6, 6.07) is 7.77. The third kappa shape index (κ3) is 3.26. The zero-order valence-corrected chi connectivity index (χ0v) is 13.3. The molecule has 0 bridgehead atoms. The highest BCUT2D eigenvalue weighted by Gasteiger charge is 2.30. The number of nitrogens with one attached hydrogen (secondary N) is 2. The van der Waals surface area contributed by atoms with E-state index >= 15 is 0 Å². The molecular formula is C17H20N4O2. The van der Waals surface area contributed by atoms with E-state index in [2.05, 4.69) is 21.4 Å². The Bertz CT molecular complexity index is 738. The fourth-order valence-corrected chi connectivity index (χ4v) is 3.08. The van der Waals surface area contributed by atoms with Crippen LogP contribution in [0, 0.1) is 6.92 Å². The molecule has 23 heavy (non-hydrogen) atoms. The third-order valence-corrected chi connectivity index (χ3v) is 4.16. The Morgan fingerprint density at radius 2 is 2.17 bits per heavy atom. The number of rotatable bonds is 3. The van der Waals surface area contributed by atoms with E-state index in [-0.39, 0.29) is 24.3 Å². The van der Waals surface area contributed by atoms with Crippen molar-refractivity contribution in [2.24, 2.45) is 0 Å². The van der Waals surface area contributed by atoms with Crippen molar-refractivity contribution in [1.29, 1.82) is 0 Å². The van der Waals surface area contributed by atoms with E-state index in [1.54, 1.807) is 18.0 Å². The average Bonchev–Trinajstić information content (AvgIpc) is 2.92. The summed E-state index contributed by atoms with van der Waals surface area (Å²) in [5.74, 6) is 0.268. The number of aromatic nitrogens is 2. The minimum absolute atomic E-state index is 0.00820. The van der Waals surface area contributed by atoms with Crippen LogP contribution in [0.2, 0.25) is 0 Å². The molecule has 1 aromatic carbocycles. The summed E-state index contributed by atoms with van der Waals surface area (Å²) in [5.41, 5.74) is 3.14. The molecule has 2 N–H and O–H groups in total. The van der Waals surface area contributed by atoms with Crippen molar-refractivity contribution < 1.29 is 9.59 Å². The lowest BCUT2D eigenvalue weighted by atomic mass is 9.90. The lowest BCUT2D eigenvalue weighted by molar-refractivity contribution is -0.132. The normalized spacial score (nSPS) is 16.8. The number of carbonyl (C=O) groups excluding carboxylic acids is 2. The molecular weight excluding hydrogens is 292 g/mol. The molecule has 120 valence electrons. The fourth-order valence-electron chi connectivity index (χ4n) is 3.08. The smallest absolute Gasteiger partial charge is 0.229 e. The van der Waals surface area contributed by atoms with Gasteiger partial charge in [0.25, 0.3) is 0 Å². The van der Waals surface area contributed by atoms with Gasteiger partial charge in [0.15, 0.2) is 0 Å². The summed E-state index contributed by atoms with van der Waals surface area (Å²) in [6.45, 7) is 4.07. The standard InChI is InChI=1S/C17H20N4O2/c1-11-10-18-17(19-11)20-16(23)9-15-14-6-4-3-5-13(14)7-8-21(15)12(2)22/h3-6,10,15H,7-9H2,1-2H3,(H2,18,19,20,23). The number of amides is 2. The molecule has 2 aromatic rings. The molecule has 6 nitrogen and oxygen atoms in total. The van der Waals surface area contributed by atoms with Crippen LogP contribution in [-0.4, -0.2) is 33.2 Å². The second kappa shape index (κ2) is 6.24. The largest absolute Gasteiger partial charge is 0.335 e. The SMILES string of the molecule is CC(=O)N1CCc2ccccc2C1CC(=O)Nc1ncc(C)[nH]1.